The van der Waals surface area contributed by atoms with Gasteiger partial charge in [-0.25, -0.2) is 0 Å². The quantitative estimate of drug-likeness (QED) is 0.613. The van der Waals surface area contributed by atoms with E-state index in [2.05, 4.69) is 62.6 Å². The molecule has 1 heterocycles. The van der Waals surface area contributed by atoms with Crippen molar-refractivity contribution in [1.82, 2.24) is 4.90 Å². The molecule has 1 aliphatic carbocycles. The smallest absolute Gasteiger partial charge is 0.0404 e. The molecule has 0 unspecified atom stereocenters. The first kappa shape index (κ1) is 23.3. The van der Waals surface area contributed by atoms with Crippen molar-refractivity contribution in [3.63, 3.8) is 0 Å². The molecule has 3 nitrogen and oxygen atoms in total. The van der Waals surface area contributed by atoms with E-state index in [4.69, 9.17) is 5.73 Å². The highest BCUT2D eigenvalue weighted by atomic mass is 35.5. The van der Waals surface area contributed by atoms with Crippen molar-refractivity contribution < 1.29 is 0 Å². The Labute approximate surface area is 179 Å². The number of hydrogen-bond donors (Lipinski definition) is 1. The predicted molar refractivity (Wildman–Crippen MR) is 126 cm³/mol. The molecule has 1 saturated carbocycles. The summed E-state index contributed by atoms with van der Waals surface area (Å²) in [6.07, 6.45) is 6.45. The number of halogens is 1. The number of nitrogen functional groups attached to an aromatic ring is 1. The monoisotopic (exact) mass is 407 g/mol. The van der Waals surface area contributed by atoms with E-state index >= 15 is 0 Å². The van der Waals surface area contributed by atoms with Gasteiger partial charge in [-0.15, -0.1) is 12.4 Å². The molecular formula is C24H42ClN3. The number of nitrogens with two attached hydrogens (primary N) is 1. The van der Waals surface area contributed by atoms with Crippen LogP contribution in [0.4, 0.5) is 11.4 Å². The van der Waals surface area contributed by atoms with Gasteiger partial charge in [-0.05, 0) is 72.7 Å². The maximum absolute atomic E-state index is 6.25. The average molecular weight is 408 g/mol. The number of piperazine rings is 1. The topological polar surface area (TPSA) is 32.5 Å². The van der Waals surface area contributed by atoms with Gasteiger partial charge >= 0.3 is 0 Å². The third-order valence-corrected chi connectivity index (χ3v) is 6.59. The van der Waals surface area contributed by atoms with E-state index < -0.39 is 0 Å². The third kappa shape index (κ3) is 5.79. The zero-order valence-corrected chi connectivity index (χ0v) is 19.6. The summed E-state index contributed by atoms with van der Waals surface area (Å²) in [7, 11) is 0. The van der Waals surface area contributed by atoms with Crippen LogP contribution < -0.4 is 10.6 Å². The molecule has 1 aliphatic heterocycles. The van der Waals surface area contributed by atoms with Gasteiger partial charge in [0.15, 0.2) is 0 Å². The van der Waals surface area contributed by atoms with E-state index in [-0.39, 0.29) is 12.4 Å². The molecule has 2 fully saturated rings. The Hall–Kier alpha value is -0.930. The van der Waals surface area contributed by atoms with Crippen LogP contribution in [-0.2, 0) is 0 Å². The summed E-state index contributed by atoms with van der Waals surface area (Å²) in [5.74, 6) is 0.611. The molecule has 1 saturated heterocycles. The van der Waals surface area contributed by atoms with E-state index in [9.17, 15) is 0 Å². The van der Waals surface area contributed by atoms with Gasteiger partial charge in [0.2, 0.25) is 0 Å². The molecule has 0 spiro atoms. The standard InChI is InChI=1S/C24H41N3.ClH/c1-6-7-10-26-11-13-27(14-12-26)22-9-8-20(25)15-21(22)19-16-23(2,3)18-24(4,5)17-19;/h8-9,15,19H,6-7,10-14,16-18,25H2,1-5H3;1H. The highest BCUT2D eigenvalue weighted by molar-refractivity contribution is 5.85. The molecule has 1 aromatic carbocycles. The predicted octanol–water partition coefficient (Wildman–Crippen LogP) is 5.93. The van der Waals surface area contributed by atoms with E-state index in [1.54, 1.807) is 0 Å². The van der Waals surface area contributed by atoms with Crippen LogP contribution >= 0.6 is 12.4 Å². The minimum Gasteiger partial charge on any atom is -0.399 e. The summed E-state index contributed by atoms with van der Waals surface area (Å²) in [4.78, 5) is 5.25. The van der Waals surface area contributed by atoms with Gasteiger partial charge in [0, 0.05) is 37.6 Å². The Morgan fingerprint density at radius 1 is 1.00 bits per heavy atom. The van der Waals surface area contributed by atoms with E-state index in [0.717, 1.165) is 18.8 Å². The largest absolute Gasteiger partial charge is 0.399 e. The van der Waals surface area contributed by atoms with E-state index in [1.807, 2.05) is 0 Å². The van der Waals surface area contributed by atoms with Crippen molar-refractivity contribution in [2.24, 2.45) is 10.8 Å². The molecule has 0 radical (unpaired) electrons. The Morgan fingerprint density at radius 3 is 2.18 bits per heavy atom. The van der Waals surface area contributed by atoms with Crippen LogP contribution in [0.25, 0.3) is 0 Å². The lowest BCUT2D eigenvalue weighted by Gasteiger charge is -2.46. The molecule has 3 rings (SSSR count). The van der Waals surface area contributed by atoms with Gasteiger partial charge in [0.05, 0.1) is 0 Å². The minimum absolute atomic E-state index is 0. The highest BCUT2D eigenvalue weighted by Gasteiger charge is 2.40. The third-order valence-electron chi connectivity index (χ3n) is 6.59. The van der Waals surface area contributed by atoms with Crippen LogP contribution in [0.5, 0.6) is 0 Å². The molecule has 4 heteroatoms. The fourth-order valence-electron chi connectivity index (χ4n) is 5.85. The van der Waals surface area contributed by atoms with Crippen LogP contribution in [-0.4, -0.2) is 37.6 Å². The van der Waals surface area contributed by atoms with Gasteiger partial charge in [-0.3, -0.25) is 4.90 Å². The second kappa shape index (κ2) is 9.26. The molecule has 2 aliphatic rings. The summed E-state index contributed by atoms with van der Waals surface area (Å²) in [6, 6.07) is 6.67. The second-order valence-electron chi connectivity index (χ2n) is 10.6. The van der Waals surface area contributed by atoms with Gasteiger partial charge in [-0.2, -0.15) is 0 Å². The average Bonchev–Trinajstić information content (AvgIpc) is 2.58. The van der Waals surface area contributed by atoms with Crippen molar-refractivity contribution >= 4 is 23.8 Å². The molecular weight excluding hydrogens is 366 g/mol. The molecule has 0 amide bonds. The summed E-state index contributed by atoms with van der Waals surface area (Å²) >= 11 is 0. The first-order valence-electron chi connectivity index (χ1n) is 11.1. The summed E-state index contributed by atoms with van der Waals surface area (Å²) in [5, 5.41) is 0. The lowest BCUT2D eigenvalue weighted by molar-refractivity contribution is 0.0970. The number of nitrogens with zero attached hydrogens (tertiary/aromatic N) is 2. The van der Waals surface area contributed by atoms with Crippen LogP contribution in [0.15, 0.2) is 18.2 Å². The minimum atomic E-state index is 0. The zero-order valence-electron chi connectivity index (χ0n) is 18.8. The van der Waals surface area contributed by atoms with Gasteiger partial charge in [-0.1, -0.05) is 41.0 Å². The van der Waals surface area contributed by atoms with E-state index in [0.29, 0.717) is 16.7 Å². The molecule has 2 N–H and O–H groups in total. The molecule has 1 aromatic rings. The van der Waals surface area contributed by atoms with Gasteiger partial charge < -0.3 is 10.6 Å². The maximum atomic E-state index is 6.25. The van der Waals surface area contributed by atoms with Crippen molar-refractivity contribution in [1.29, 1.82) is 0 Å². The van der Waals surface area contributed by atoms with Crippen LogP contribution in [0.3, 0.4) is 0 Å². The van der Waals surface area contributed by atoms with Crippen molar-refractivity contribution in [3.8, 4) is 0 Å². The Morgan fingerprint density at radius 2 is 1.61 bits per heavy atom. The van der Waals surface area contributed by atoms with Gasteiger partial charge in [0.25, 0.3) is 0 Å². The number of anilines is 2. The van der Waals surface area contributed by atoms with Crippen molar-refractivity contribution in [2.75, 3.05) is 43.4 Å². The molecule has 160 valence electrons. The fourth-order valence-corrected chi connectivity index (χ4v) is 5.85. The lowest BCUT2D eigenvalue weighted by atomic mass is 9.60. The highest BCUT2D eigenvalue weighted by Crippen LogP contribution is 2.53. The van der Waals surface area contributed by atoms with Gasteiger partial charge in [0.1, 0.15) is 0 Å². The number of benzene rings is 1. The first-order valence-corrected chi connectivity index (χ1v) is 11.1. The van der Waals surface area contributed by atoms with Crippen molar-refractivity contribution in [3.05, 3.63) is 23.8 Å². The Balaban J connectivity index is 0.00000280. The molecule has 0 bridgehead atoms. The zero-order chi connectivity index (χ0) is 19.7. The number of hydrogen-bond acceptors (Lipinski definition) is 3. The maximum Gasteiger partial charge on any atom is 0.0404 e. The lowest BCUT2D eigenvalue weighted by Crippen LogP contribution is -2.47. The van der Waals surface area contributed by atoms with Crippen LogP contribution in [0.1, 0.15) is 78.2 Å². The normalized spacial score (nSPS) is 22.7. The van der Waals surface area contributed by atoms with Crippen LogP contribution in [0, 0.1) is 10.8 Å². The summed E-state index contributed by atoms with van der Waals surface area (Å²) in [6.45, 7) is 18.0. The first-order chi connectivity index (χ1) is 12.7. The van der Waals surface area contributed by atoms with Crippen LogP contribution in [0.2, 0.25) is 0 Å². The molecule has 0 aromatic heterocycles. The summed E-state index contributed by atoms with van der Waals surface area (Å²) in [5.41, 5.74) is 10.9. The van der Waals surface area contributed by atoms with Crippen molar-refractivity contribution in [2.45, 2.75) is 72.6 Å². The molecule has 28 heavy (non-hydrogen) atoms. The van der Waals surface area contributed by atoms with E-state index in [1.165, 1.54) is 63.0 Å². The number of unbranched alkanes of at least 4 members (excludes halogenated alkanes) is 1. The Kier molecular flexibility index (Phi) is 7.72. The summed E-state index contributed by atoms with van der Waals surface area (Å²) < 4.78 is 0. The second-order valence-corrected chi connectivity index (χ2v) is 10.6. The number of rotatable bonds is 5. The fraction of sp³-hybridized carbons (Fsp3) is 0.750. The Bertz CT molecular complexity index is 617. The SMILES string of the molecule is CCCCN1CCN(c2ccc(N)cc2C2CC(C)(C)CC(C)(C)C2)CC1.Cl. The molecule has 0 atom stereocenters.